The minimum absolute atomic E-state index is 0.0928. The van der Waals surface area contributed by atoms with Gasteiger partial charge in [0, 0.05) is 32.1 Å². The standard InChI is InChI=1S/C16H19N3O4/c1-18-8-6-14(20)17-11-9-10(4-5-12(11)18)15(21)19-7-2-3-13(19)16(22)23/h4-5,9,13H,2-3,6-8H2,1H3,(H,17,20)(H,22,23)/t13-/m1/s1. The first kappa shape index (κ1) is 15.3. The second-order valence-corrected chi connectivity index (χ2v) is 5.95. The van der Waals surface area contributed by atoms with Crippen LogP contribution in [0.15, 0.2) is 18.2 Å². The highest BCUT2D eigenvalue weighted by Crippen LogP contribution is 2.30. The summed E-state index contributed by atoms with van der Waals surface area (Å²) in [7, 11) is 1.89. The monoisotopic (exact) mass is 317 g/mol. The van der Waals surface area contributed by atoms with Crippen molar-refractivity contribution in [2.45, 2.75) is 25.3 Å². The molecule has 2 heterocycles. The Morgan fingerprint density at radius 2 is 2.09 bits per heavy atom. The van der Waals surface area contributed by atoms with Crippen LogP contribution in [0, 0.1) is 0 Å². The van der Waals surface area contributed by atoms with Crippen LogP contribution in [0.3, 0.4) is 0 Å². The summed E-state index contributed by atoms with van der Waals surface area (Å²) in [6.45, 7) is 1.05. The molecule has 1 aromatic rings. The molecule has 7 nitrogen and oxygen atoms in total. The third-order valence-corrected chi connectivity index (χ3v) is 4.40. The van der Waals surface area contributed by atoms with Crippen LogP contribution in [0.25, 0.3) is 0 Å². The average Bonchev–Trinajstić information content (AvgIpc) is 2.96. The first-order chi connectivity index (χ1) is 11.0. The summed E-state index contributed by atoms with van der Waals surface area (Å²) in [6, 6.07) is 4.35. The summed E-state index contributed by atoms with van der Waals surface area (Å²) in [4.78, 5) is 39.0. The smallest absolute Gasteiger partial charge is 0.326 e. The number of rotatable bonds is 2. The maximum absolute atomic E-state index is 12.6. The van der Waals surface area contributed by atoms with E-state index in [9.17, 15) is 19.5 Å². The zero-order valence-corrected chi connectivity index (χ0v) is 12.9. The van der Waals surface area contributed by atoms with Crippen LogP contribution in [-0.4, -0.2) is 54.0 Å². The van der Waals surface area contributed by atoms with Crippen molar-refractivity contribution in [3.05, 3.63) is 23.8 Å². The summed E-state index contributed by atoms with van der Waals surface area (Å²) >= 11 is 0. The molecule has 7 heteroatoms. The summed E-state index contributed by atoms with van der Waals surface area (Å²) in [6.07, 6.45) is 1.56. The zero-order valence-electron chi connectivity index (χ0n) is 12.9. The molecule has 0 aromatic heterocycles. The van der Waals surface area contributed by atoms with E-state index in [-0.39, 0.29) is 11.8 Å². The van der Waals surface area contributed by atoms with Crippen LogP contribution in [0.4, 0.5) is 11.4 Å². The van der Waals surface area contributed by atoms with E-state index in [4.69, 9.17) is 0 Å². The molecule has 0 bridgehead atoms. The van der Waals surface area contributed by atoms with Gasteiger partial charge in [-0.3, -0.25) is 9.59 Å². The fourth-order valence-electron chi connectivity index (χ4n) is 3.14. The molecular formula is C16H19N3O4. The largest absolute Gasteiger partial charge is 0.480 e. The topological polar surface area (TPSA) is 90.0 Å². The highest BCUT2D eigenvalue weighted by molar-refractivity contribution is 6.02. The van der Waals surface area contributed by atoms with Gasteiger partial charge in [0.05, 0.1) is 11.4 Å². The summed E-state index contributed by atoms with van der Waals surface area (Å²) in [5.41, 5.74) is 1.84. The molecular weight excluding hydrogens is 298 g/mol. The summed E-state index contributed by atoms with van der Waals surface area (Å²) < 4.78 is 0. The van der Waals surface area contributed by atoms with E-state index >= 15 is 0 Å². The number of fused-ring (bicyclic) bond motifs is 1. The van der Waals surface area contributed by atoms with E-state index in [0.29, 0.717) is 43.6 Å². The van der Waals surface area contributed by atoms with Gasteiger partial charge in [0.15, 0.2) is 0 Å². The maximum atomic E-state index is 12.6. The van der Waals surface area contributed by atoms with E-state index in [2.05, 4.69) is 5.32 Å². The lowest BCUT2D eigenvalue weighted by Crippen LogP contribution is -2.40. The van der Waals surface area contributed by atoms with Crippen LogP contribution in [-0.2, 0) is 9.59 Å². The molecule has 1 fully saturated rings. The molecule has 2 aliphatic rings. The minimum atomic E-state index is -0.973. The zero-order chi connectivity index (χ0) is 16.6. The molecule has 23 heavy (non-hydrogen) atoms. The Morgan fingerprint density at radius 3 is 2.83 bits per heavy atom. The molecule has 1 aromatic carbocycles. The summed E-state index contributed by atoms with van der Waals surface area (Å²) in [5, 5.41) is 12.0. The minimum Gasteiger partial charge on any atom is -0.480 e. The Morgan fingerprint density at radius 1 is 1.30 bits per heavy atom. The Bertz CT molecular complexity index is 673. The molecule has 2 N–H and O–H groups in total. The number of amides is 2. The van der Waals surface area contributed by atoms with Crippen molar-refractivity contribution in [1.82, 2.24) is 4.90 Å². The van der Waals surface area contributed by atoms with Gasteiger partial charge in [-0.25, -0.2) is 4.79 Å². The quantitative estimate of drug-likeness (QED) is 0.854. The number of benzene rings is 1. The van der Waals surface area contributed by atoms with E-state index in [1.165, 1.54) is 4.90 Å². The third-order valence-electron chi connectivity index (χ3n) is 4.40. The predicted molar refractivity (Wildman–Crippen MR) is 84.7 cm³/mol. The predicted octanol–water partition coefficient (Wildman–Crippen LogP) is 1.15. The third kappa shape index (κ3) is 2.86. The van der Waals surface area contributed by atoms with Gasteiger partial charge < -0.3 is 20.2 Å². The van der Waals surface area contributed by atoms with Gasteiger partial charge in [-0.1, -0.05) is 0 Å². The lowest BCUT2D eigenvalue weighted by atomic mass is 10.1. The Labute approximate surface area is 133 Å². The molecule has 1 atom stereocenters. The first-order valence-electron chi connectivity index (χ1n) is 7.66. The van der Waals surface area contributed by atoms with Crippen molar-refractivity contribution < 1.29 is 19.5 Å². The lowest BCUT2D eigenvalue weighted by Gasteiger charge is -2.23. The SMILES string of the molecule is CN1CCC(=O)Nc2cc(C(=O)N3CCC[C@@H]3C(=O)O)ccc21. The van der Waals surface area contributed by atoms with E-state index < -0.39 is 12.0 Å². The number of carboxylic acids is 1. The molecule has 0 saturated carbocycles. The van der Waals surface area contributed by atoms with E-state index in [0.717, 1.165) is 5.69 Å². The van der Waals surface area contributed by atoms with Crippen LogP contribution in [0.5, 0.6) is 0 Å². The van der Waals surface area contributed by atoms with Crippen molar-refractivity contribution in [2.75, 3.05) is 30.4 Å². The van der Waals surface area contributed by atoms with Gasteiger partial charge in [0.1, 0.15) is 6.04 Å². The number of carboxylic acid groups (broad SMARTS) is 1. The molecule has 2 aliphatic heterocycles. The number of hydrogen-bond acceptors (Lipinski definition) is 4. The first-order valence-corrected chi connectivity index (χ1v) is 7.66. The number of nitrogens with zero attached hydrogens (tertiary/aromatic N) is 2. The van der Waals surface area contributed by atoms with Gasteiger partial charge in [-0.2, -0.15) is 0 Å². The number of hydrogen-bond donors (Lipinski definition) is 2. The molecule has 3 rings (SSSR count). The van der Waals surface area contributed by atoms with Crippen molar-refractivity contribution in [2.24, 2.45) is 0 Å². The van der Waals surface area contributed by atoms with E-state index in [1.807, 2.05) is 11.9 Å². The number of likely N-dealkylation sites (tertiary alicyclic amines) is 1. The molecule has 0 radical (unpaired) electrons. The number of nitrogens with one attached hydrogen (secondary N) is 1. The Balaban J connectivity index is 1.90. The Kier molecular flexibility index (Phi) is 3.94. The maximum Gasteiger partial charge on any atom is 0.326 e. The van der Waals surface area contributed by atoms with Gasteiger partial charge in [-0.05, 0) is 31.0 Å². The number of anilines is 2. The molecule has 1 saturated heterocycles. The average molecular weight is 317 g/mol. The normalized spacial score (nSPS) is 20.7. The van der Waals surface area contributed by atoms with Gasteiger partial charge in [0.25, 0.3) is 5.91 Å². The fourth-order valence-corrected chi connectivity index (χ4v) is 3.14. The van der Waals surface area contributed by atoms with Gasteiger partial charge in [0.2, 0.25) is 5.91 Å². The van der Waals surface area contributed by atoms with E-state index in [1.54, 1.807) is 18.2 Å². The molecule has 2 amide bonds. The van der Waals surface area contributed by atoms with Crippen LogP contribution < -0.4 is 10.2 Å². The molecule has 0 spiro atoms. The van der Waals surface area contributed by atoms with Crippen LogP contribution >= 0.6 is 0 Å². The second-order valence-electron chi connectivity index (χ2n) is 5.95. The number of carbonyl (C=O) groups excluding carboxylic acids is 2. The lowest BCUT2D eigenvalue weighted by molar-refractivity contribution is -0.141. The van der Waals surface area contributed by atoms with Gasteiger partial charge >= 0.3 is 5.97 Å². The van der Waals surface area contributed by atoms with Crippen LogP contribution in [0.2, 0.25) is 0 Å². The Hall–Kier alpha value is -2.57. The van der Waals surface area contributed by atoms with Crippen molar-refractivity contribution in [3.63, 3.8) is 0 Å². The highest BCUT2D eigenvalue weighted by Gasteiger charge is 2.34. The van der Waals surface area contributed by atoms with Crippen LogP contribution in [0.1, 0.15) is 29.6 Å². The van der Waals surface area contributed by atoms with Crippen molar-refractivity contribution in [1.29, 1.82) is 0 Å². The summed E-state index contributed by atoms with van der Waals surface area (Å²) in [5.74, 6) is -1.37. The molecule has 0 unspecified atom stereocenters. The fraction of sp³-hybridized carbons (Fsp3) is 0.438. The van der Waals surface area contributed by atoms with Gasteiger partial charge in [-0.15, -0.1) is 0 Å². The van der Waals surface area contributed by atoms with Crippen molar-refractivity contribution in [3.8, 4) is 0 Å². The second kappa shape index (κ2) is 5.91. The molecule has 122 valence electrons. The molecule has 0 aliphatic carbocycles. The van der Waals surface area contributed by atoms with Crippen molar-refractivity contribution >= 4 is 29.2 Å². The highest BCUT2D eigenvalue weighted by atomic mass is 16.4. The number of carbonyl (C=O) groups is 3. The number of aliphatic carboxylic acids is 1.